The number of halogens is 1. The maximum absolute atomic E-state index is 12.8. The number of pyridine rings is 1. The molecule has 31 heavy (non-hydrogen) atoms. The summed E-state index contributed by atoms with van der Waals surface area (Å²) in [6, 6.07) is 16.5. The van der Waals surface area contributed by atoms with Crippen molar-refractivity contribution in [2.45, 2.75) is 6.04 Å². The molecule has 8 nitrogen and oxygen atoms in total. The van der Waals surface area contributed by atoms with Gasteiger partial charge < -0.3 is 10.4 Å². The third kappa shape index (κ3) is 3.66. The summed E-state index contributed by atoms with van der Waals surface area (Å²) in [5, 5.41) is 16.8. The number of carbonyl (C=O) groups is 1. The van der Waals surface area contributed by atoms with Crippen molar-refractivity contribution in [3.05, 3.63) is 78.4 Å². The monoisotopic (exact) mass is 524 g/mol. The first-order valence-corrected chi connectivity index (χ1v) is 10.6. The minimum atomic E-state index is -0.527. The normalized spacial score (nSPS) is 12.3. The molecule has 0 unspecified atom stereocenters. The van der Waals surface area contributed by atoms with Gasteiger partial charge in [0.25, 0.3) is 5.91 Å². The summed E-state index contributed by atoms with van der Waals surface area (Å²) in [7, 11) is 0. The molecule has 2 aromatic carbocycles. The molecule has 9 heteroatoms. The van der Waals surface area contributed by atoms with Crippen molar-refractivity contribution < 1.29 is 9.90 Å². The number of carbonyl (C=O) groups excluding carboxylic acids is 1. The molecule has 3 aromatic heterocycles. The van der Waals surface area contributed by atoms with E-state index in [-0.39, 0.29) is 12.4 Å². The molecule has 1 atom stereocenters. The van der Waals surface area contributed by atoms with Crippen LogP contribution in [-0.4, -0.2) is 40.6 Å². The molecule has 154 valence electrons. The van der Waals surface area contributed by atoms with Crippen LogP contribution in [0.25, 0.3) is 33.2 Å². The number of benzene rings is 2. The Labute approximate surface area is 190 Å². The number of fused-ring (bicyclic) bond motifs is 2. The van der Waals surface area contributed by atoms with Gasteiger partial charge in [0.1, 0.15) is 0 Å². The summed E-state index contributed by atoms with van der Waals surface area (Å²) >= 11 is 2.18. The van der Waals surface area contributed by atoms with Crippen LogP contribution in [0.2, 0.25) is 0 Å². The average Bonchev–Trinajstić information content (AvgIpc) is 3.38. The molecule has 0 aliphatic rings. The lowest BCUT2D eigenvalue weighted by atomic mass is 10.1. The number of hydrogen-bond acceptors (Lipinski definition) is 5. The number of aliphatic hydroxyl groups excluding tert-OH is 1. The Kier molecular flexibility index (Phi) is 5.12. The number of rotatable bonds is 5. The lowest BCUT2D eigenvalue weighted by Crippen LogP contribution is -2.31. The molecule has 0 spiro atoms. The molecule has 3 N–H and O–H groups in total. The summed E-state index contributed by atoms with van der Waals surface area (Å²) in [6.45, 7) is -0.218. The molecule has 1 amide bonds. The molecule has 0 aliphatic carbocycles. The SMILES string of the molecule is O=C(N[C@H](CO)c1ccccc1)c1nc2cc3c(-c4ccncc4)[nH]n(I)c3cc2n1. The third-order valence-corrected chi connectivity index (χ3v) is 5.86. The van der Waals surface area contributed by atoms with E-state index in [1.807, 2.05) is 57.5 Å². The molecule has 0 fully saturated rings. The largest absolute Gasteiger partial charge is 0.394 e. The molecule has 0 saturated heterocycles. The standard InChI is InChI=1S/C22H17IN6O2/c23-29-19-11-17-16(10-15(19)20(28-29)14-6-8-24-9-7-14)25-21(26-17)22(31)27-18(12-30)13-4-2-1-3-5-13/h1-11,18,28,30H,12H2,(H,27,31)/t18-/m1/s1. The molecule has 5 rings (SSSR count). The Balaban J connectivity index is 1.51. The van der Waals surface area contributed by atoms with Gasteiger partial charge in [-0.2, -0.15) is 0 Å². The van der Waals surface area contributed by atoms with E-state index in [9.17, 15) is 9.90 Å². The second-order valence-electron chi connectivity index (χ2n) is 7.03. The van der Waals surface area contributed by atoms with Gasteiger partial charge in [0.2, 0.25) is 5.82 Å². The van der Waals surface area contributed by atoms with E-state index in [1.54, 1.807) is 12.4 Å². The minimum absolute atomic E-state index is 0.0754. The zero-order valence-electron chi connectivity index (χ0n) is 16.2. The molecule has 0 saturated carbocycles. The lowest BCUT2D eigenvalue weighted by molar-refractivity contribution is 0.0907. The van der Waals surface area contributed by atoms with E-state index < -0.39 is 11.9 Å². The molecule has 3 heterocycles. The van der Waals surface area contributed by atoms with Crippen molar-refractivity contribution >= 4 is 50.7 Å². The topological polar surface area (TPSA) is 109 Å². The predicted octanol–water partition coefficient (Wildman–Crippen LogP) is 3.64. The molecule has 5 aromatic rings. The summed E-state index contributed by atoms with van der Waals surface area (Å²) in [5.41, 5.74) is 4.95. The third-order valence-electron chi connectivity index (χ3n) is 5.10. The summed E-state index contributed by atoms with van der Waals surface area (Å²) in [4.78, 5) is 25.7. The van der Waals surface area contributed by atoms with Gasteiger partial charge in [-0.25, -0.2) is 12.9 Å². The van der Waals surface area contributed by atoms with Crippen LogP contribution in [0.15, 0.2) is 67.0 Å². The van der Waals surface area contributed by atoms with Crippen molar-refractivity contribution in [3.63, 3.8) is 0 Å². The van der Waals surface area contributed by atoms with Crippen LogP contribution in [0, 0.1) is 0 Å². The van der Waals surface area contributed by atoms with E-state index in [2.05, 4.69) is 48.2 Å². The molecule has 0 aliphatic heterocycles. The van der Waals surface area contributed by atoms with Gasteiger partial charge in [-0.1, -0.05) is 30.3 Å². The van der Waals surface area contributed by atoms with Gasteiger partial charge >= 0.3 is 0 Å². The fraction of sp³-hybridized carbons (Fsp3) is 0.0909. The van der Waals surface area contributed by atoms with Crippen molar-refractivity contribution in [3.8, 4) is 11.3 Å². The van der Waals surface area contributed by atoms with E-state index in [0.717, 1.165) is 27.7 Å². The van der Waals surface area contributed by atoms with Gasteiger partial charge in [0.15, 0.2) is 0 Å². The van der Waals surface area contributed by atoms with Crippen LogP contribution >= 0.6 is 22.9 Å². The van der Waals surface area contributed by atoms with Crippen LogP contribution < -0.4 is 5.32 Å². The van der Waals surface area contributed by atoms with Crippen LogP contribution in [0.1, 0.15) is 22.2 Å². The lowest BCUT2D eigenvalue weighted by Gasteiger charge is -2.15. The van der Waals surface area contributed by atoms with E-state index in [4.69, 9.17) is 0 Å². The Hall–Kier alpha value is -3.31. The average molecular weight is 524 g/mol. The second-order valence-corrected chi connectivity index (χ2v) is 7.99. The van der Waals surface area contributed by atoms with Gasteiger partial charge in [-0.3, -0.25) is 14.9 Å². The highest BCUT2D eigenvalue weighted by Crippen LogP contribution is 2.31. The van der Waals surface area contributed by atoms with Gasteiger partial charge in [-0.05, 0) is 29.8 Å². The quantitative estimate of drug-likeness (QED) is 0.305. The maximum Gasteiger partial charge on any atom is 0.289 e. The Morgan fingerprint density at radius 1 is 1.10 bits per heavy atom. The number of nitrogens with one attached hydrogen (secondary N) is 2. The minimum Gasteiger partial charge on any atom is -0.394 e. The molecule has 0 radical (unpaired) electrons. The van der Waals surface area contributed by atoms with Gasteiger partial charge in [0.05, 0.1) is 57.8 Å². The van der Waals surface area contributed by atoms with Crippen LogP contribution in [0.3, 0.4) is 0 Å². The van der Waals surface area contributed by atoms with Gasteiger partial charge in [0, 0.05) is 23.3 Å². The first kappa shape index (κ1) is 19.6. The first-order chi connectivity index (χ1) is 15.1. The molecular weight excluding hydrogens is 507 g/mol. The van der Waals surface area contributed by atoms with E-state index >= 15 is 0 Å². The summed E-state index contributed by atoms with van der Waals surface area (Å²) < 4.78 is 1.88. The first-order valence-electron chi connectivity index (χ1n) is 9.59. The van der Waals surface area contributed by atoms with Crippen LogP contribution in [0.4, 0.5) is 0 Å². The highest BCUT2D eigenvalue weighted by molar-refractivity contribution is 14.1. The maximum atomic E-state index is 12.8. The van der Waals surface area contributed by atoms with Crippen molar-refractivity contribution in [1.82, 2.24) is 28.3 Å². The van der Waals surface area contributed by atoms with Crippen LogP contribution in [-0.2, 0) is 0 Å². The summed E-state index contributed by atoms with van der Waals surface area (Å²) in [5.74, 6) is -0.353. The Morgan fingerprint density at radius 2 is 1.81 bits per heavy atom. The second kappa shape index (κ2) is 8.08. The number of amides is 1. The fourth-order valence-corrected chi connectivity index (χ4v) is 4.20. The number of aliphatic hydroxyl groups is 1. The highest BCUT2D eigenvalue weighted by Gasteiger charge is 2.20. The number of H-pyrrole nitrogens is 1. The number of hydrogen-bond donors (Lipinski definition) is 3. The van der Waals surface area contributed by atoms with Crippen LogP contribution in [0.5, 0.6) is 0 Å². The highest BCUT2D eigenvalue weighted by atomic mass is 127. The van der Waals surface area contributed by atoms with E-state index in [1.165, 1.54) is 0 Å². The predicted molar refractivity (Wildman–Crippen MR) is 126 cm³/mol. The fourth-order valence-electron chi connectivity index (χ4n) is 3.56. The Bertz CT molecular complexity index is 1380. The number of nitrogens with zero attached hydrogens (tertiary/aromatic N) is 4. The number of imidazole rings is 1. The smallest absolute Gasteiger partial charge is 0.289 e. The van der Waals surface area contributed by atoms with Crippen molar-refractivity contribution in [2.75, 3.05) is 6.61 Å². The van der Waals surface area contributed by atoms with Crippen molar-refractivity contribution in [1.29, 1.82) is 0 Å². The van der Waals surface area contributed by atoms with E-state index in [0.29, 0.717) is 11.0 Å². The van der Waals surface area contributed by atoms with Crippen molar-refractivity contribution in [2.24, 2.45) is 0 Å². The summed E-state index contributed by atoms with van der Waals surface area (Å²) in [6.07, 6.45) is 3.49. The Morgan fingerprint density at radius 3 is 2.52 bits per heavy atom. The molecular formula is C22H17IN6O2. The van der Waals surface area contributed by atoms with Gasteiger partial charge in [-0.15, -0.1) is 0 Å². The zero-order chi connectivity index (χ0) is 21.4. The number of aromatic amines is 1. The zero-order valence-corrected chi connectivity index (χ0v) is 18.3. The number of aromatic nitrogens is 5. The molecule has 0 bridgehead atoms.